The lowest BCUT2D eigenvalue weighted by atomic mass is 9.96. The second kappa shape index (κ2) is 7.74. The molecule has 0 N–H and O–H groups in total. The van der Waals surface area contributed by atoms with Crippen LogP contribution in [0.4, 0.5) is 0 Å². The van der Waals surface area contributed by atoms with Crippen LogP contribution in [0.2, 0.25) is 0 Å². The van der Waals surface area contributed by atoms with Gasteiger partial charge in [-0.3, -0.25) is 0 Å². The van der Waals surface area contributed by atoms with Gasteiger partial charge in [0.1, 0.15) is 5.75 Å². The van der Waals surface area contributed by atoms with Crippen LogP contribution in [0.15, 0.2) is 46.3 Å². The number of methoxy groups -OCH3 is 1. The highest BCUT2D eigenvalue weighted by Gasteiger charge is 2.51. The van der Waals surface area contributed by atoms with Gasteiger partial charge in [0.25, 0.3) is 10.0 Å². The molecule has 0 amide bonds. The van der Waals surface area contributed by atoms with Gasteiger partial charge >= 0.3 is 0 Å². The average Bonchev–Trinajstić information content (AvgIpc) is 3.23. The molecule has 3 heterocycles. The summed E-state index contributed by atoms with van der Waals surface area (Å²) in [6.07, 6.45) is 4.85. The summed E-state index contributed by atoms with van der Waals surface area (Å²) < 4.78 is 44.5. The van der Waals surface area contributed by atoms with Crippen molar-refractivity contribution in [2.45, 2.75) is 29.8 Å². The number of morpholine rings is 1. The summed E-state index contributed by atoms with van der Waals surface area (Å²) in [4.78, 5) is 8.67. The van der Waals surface area contributed by atoms with Gasteiger partial charge in [-0.15, -0.1) is 0 Å². The Balaban J connectivity index is 1.31. The second-order valence-electron chi connectivity index (χ2n) is 7.73. The van der Waals surface area contributed by atoms with E-state index in [-0.39, 0.29) is 17.0 Å². The van der Waals surface area contributed by atoms with Gasteiger partial charge in [-0.2, -0.15) is 9.29 Å². The Hall–Kier alpha value is -2.76. The Morgan fingerprint density at radius 1 is 1.16 bits per heavy atom. The monoisotopic (exact) mass is 445 g/mol. The van der Waals surface area contributed by atoms with Crippen molar-refractivity contribution >= 4 is 10.0 Å². The minimum Gasteiger partial charge on any atom is -0.497 e. The topological polar surface area (TPSA) is 113 Å². The largest absolute Gasteiger partial charge is 0.497 e. The number of aromatic nitrogens is 4. The van der Waals surface area contributed by atoms with E-state index in [9.17, 15) is 8.42 Å². The highest BCUT2D eigenvalue weighted by atomic mass is 32.2. The van der Waals surface area contributed by atoms with Crippen LogP contribution in [0.3, 0.4) is 0 Å². The number of hydrogen-bond acceptors (Lipinski definition) is 8. The van der Waals surface area contributed by atoms with Crippen LogP contribution in [-0.4, -0.2) is 65.8 Å². The molecule has 0 spiro atoms. The molecule has 0 atom stereocenters. The molecule has 0 radical (unpaired) electrons. The van der Waals surface area contributed by atoms with Crippen molar-refractivity contribution in [3.63, 3.8) is 0 Å². The smallest absolute Gasteiger partial charge is 0.262 e. The summed E-state index contributed by atoms with van der Waals surface area (Å²) >= 11 is 0. The van der Waals surface area contributed by atoms with Crippen molar-refractivity contribution in [2.75, 3.05) is 33.4 Å². The molecular formula is C20H23N5O5S. The van der Waals surface area contributed by atoms with E-state index in [1.807, 2.05) is 24.3 Å². The van der Waals surface area contributed by atoms with Gasteiger partial charge in [-0.25, -0.2) is 13.4 Å². The first-order chi connectivity index (χ1) is 15.0. The van der Waals surface area contributed by atoms with E-state index in [1.165, 1.54) is 16.8 Å². The molecule has 3 aromatic rings. The molecular weight excluding hydrogens is 422 g/mol. The van der Waals surface area contributed by atoms with Gasteiger partial charge in [0.05, 0.1) is 38.6 Å². The number of hydrogen-bond donors (Lipinski definition) is 0. The minimum absolute atomic E-state index is 0.00927. The standard InChI is InChI=1S/C20H23N5O5S/c1-28-16-4-2-15(3-5-16)20(6-7-20)19-22-17(23-30-19)12-24-13-18(21-14-24)31(26,27)25-8-10-29-11-9-25/h2-5,13-14H,6-12H2,1H3. The summed E-state index contributed by atoms with van der Waals surface area (Å²) in [6.45, 7) is 1.71. The second-order valence-corrected chi connectivity index (χ2v) is 9.61. The summed E-state index contributed by atoms with van der Waals surface area (Å²) in [5, 5.41) is 4.11. The first-order valence-electron chi connectivity index (χ1n) is 10.1. The summed E-state index contributed by atoms with van der Waals surface area (Å²) in [5.74, 6) is 1.85. The zero-order valence-corrected chi connectivity index (χ0v) is 17.9. The van der Waals surface area contributed by atoms with E-state index in [0.29, 0.717) is 38.0 Å². The Kier molecular flexibility index (Phi) is 5.03. The van der Waals surface area contributed by atoms with Crippen LogP contribution in [0.1, 0.15) is 30.1 Å². The number of nitrogens with zero attached hydrogens (tertiary/aromatic N) is 5. The quantitative estimate of drug-likeness (QED) is 0.537. The molecule has 2 fully saturated rings. The summed E-state index contributed by atoms with van der Waals surface area (Å²) in [6, 6.07) is 7.89. The molecule has 1 saturated heterocycles. The molecule has 1 saturated carbocycles. The van der Waals surface area contributed by atoms with Crippen molar-refractivity contribution in [1.82, 2.24) is 24.0 Å². The van der Waals surface area contributed by atoms with Crippen LogP contribution in [0.25, 0.3) is 0 Å². The van der Waals surface area contributed by atoms with E-state index in [0.717, 1.165) is 24.2 Å². The minimum atomic E-state index is -3.64. The van der Waals surface area contributed by atoms with Gasteiger partial charge in [0, 0.05) is 19.3 Å². The average molecular weight is 446 g/mol. The van der Waals surface area contributed by atoms with Crippen LogP contribution in [0.5, 0.6) is 5.75 Å². The van der Waals surface area contributed by atoms with Gasteiger partial charge in [0.15, 0.2) is 10.9 Å². The molecule has 0 bridgehead atoms. The maximum atomic E-state index is 12.7. The van der Waals surface area contributed by atoms with E-state index >= 15 is 0 Å². The van der Waals surface area contributed by atoms with E-state index in [4.69, 9.17) is 14.0 Å². The molecule has 2 aromatic heterocycles. The molecule has 2 aliphatic rings. The predicted octanol–water partition coefficient (Wildman–Crippen LogP) is 1.42. The zero-order chi connectivity index (χ0) is 21.5. The van der Waals surface area contributed by atoms with Crippen molar-refractivity contribution in [3.8, 4) is 5.75 Å². The zero-order valence-electron chi connectivity index (χ0n) is 17.1. The van der Waals surface area contributed by atoms with Gasteiger partial charge in [0.2, 0.25) is 5.89 Å². The maximum Gasteiger partial charge on any atom is 0.262 e. The molecule has 10 nitrogen and oxygen atoms in total. The maximum absolute atomic E-state index is 12.7. The molecule has 1 aromatic carbocycles. The number of ether oxygens (including phenoxy) is 2. The lowest BCUT2D eigenvalue weighted by Crippen LogP contribution is -2.40. The van der Waals surface area contributed by atoms with Crippen LogP contribution < -0.4 is 4.74 Å². The number of rotatable bonds is 7. The fraction of sp³-hybridized carbons (Fsp3) is 0.450. The van der Waals surface area contributed by atoms with Crippen molar-refractivity contribution in [2.24, 2.45) is 0 Å². The summed E-state index contributed by atoms with van der Waals surface area (Å²) in [7, 11) is -2.00. The highest BCUT2D eigenvalue weighted by Crippen LogP contribution is 2.53. The Labute approximate surface area is 179 Å². The summed E-state index contributed by atoms with van der Waals surface area (Å²) in [5.41, 5.74) is 0.863. The third-order valence-corrected chi connectivity index (χ3v) is 7.56. The third-order valence-electron chi connectivity index (χ3n) is 5.78. The first-order valence-corrected chi connectivity index (χ1v) is 11.5. The number of imidazole rings is 1. The Bertz CT molecular complexity index is 1160. The molecule has 1 aliphatic carbocycles. The van der Waals surface area contributed by atoms with E-state index < -0.39 is 10.0 Å². The van der Waals surface area contributed by atoms with Gasteiger partial charge in [-0.05, 0) is 30.5 Å². The SMILES string of the molecule is COc1ccc(C2(c3nc(Cn4cnc(S(=O)(=O)N5CCOCC5)c4)no3)CC2)cc1. The third kappa shape index (κ3) is 3.73. The van der Waals surface area contributed by atoms with Crippen molar-refractivity contribution < 1.29 is 22.4 Å². The Morgan fingerprint density at radius 2 is 1.90 bits per heavy atom. The predicted molar refractivity (Wildman–Crippen MR) is 108 cm³/mol. The molecule has 164 valence electrons. The molecule has 11 heteroatoms. The van der Waals surface area contributed by atoms with E-state index in [1.54, 1.807) is 11.7 Å². The molecule has 5 rings (SSSR count). The highest BCUT2D eigenvalue weighted by molar-refractivity contribution is 7.89. The van der Waals surface area contributed by atoms with Crippen LogP contribution in [0, 0.1) is 0 Å². The fourth-order valence-electron chi connectivity index (χ4n) is 3.82. The lowest BCUT2D eigenvalue weighted by Gasteiger charge is -2.24. The van der Waals surface area contributed by atoms with E-state index in [2.05, 4.69) is 15.1 Å². The number of benzene rings is 1. The lowest BCUT2D eigenvalue weighted by molar-refractivity contribution is 0.0729. The van der Waals surface area contributed by atoms with Gasteiger partial charge < -0.3 is 18.6 Å². The molecule has 1 aliphatic heterocycles. The molecule has 31 heavy (non-hydrogen) atoms. The normalized spacial score (nSPS) is 18.7. The first kappa shape index (κ1) is 20.2. The van der Waals surface area contributed by atoms with Crippen molar-refractivity contribution in [3.05, 3.63) is 54.1 Å². The van der Waals surface area contributed by atoms with Gasteiger partial charge in [-0.1, -0.05) is 17.3 Å². The fourth-order valence-corrected chi connectivity index (χ4v) is 5.16. The van der Waals surface area contributed by atoms with Crippen LogP contribution >= 0.6 is 0 Å². The number of sulfonamides is 1. The van der Waals surface area contributed by atoms with Crippen LogP contribution in [-0.2, 0) is 26.7 Å². The Morgan fingerprint density at radius 3 is 2.58 bits per heavy atom. The van der Waals surface area contributed by atoms with Crippen molar-refractivity contribution in [1.29, 1.82) is 0 Å². The molecule has 0 unspecified atom stereocenters.